The second-order valence-electron chi connectivity index (χ2n) is 4.66. The molecule has 2 heterocycles. The van der Waals surface area contributed by atoms with Gasteiger partial charge >= 0.3 is 0 Å². The Morgan fingerprint density at radius 2 is 2.44 bits per heavy atom. The molecule has 0 radical (unpaired) electrons. The van der Waals surface area contributed by atoms with Crippen LogP contribution >= 0.6 is 11.3 Å². The number of aromatic nitrogens is 1. The summed E-state index contributed by atoms with van der Waals surface area (Å²) in [4.78, 5) is 7.14. The molecule has 1 aliphatic heterocycles. The summed E-state index contributed by atoms with van der Waals surface area (Å²) in [5, 5.41) is 3.54. The lowest BCUT2D eigenvalue weighted by molar-refractivity contribution is 0.411. The highest BCUT2D eigenvalue weighted by atomic mass is 32.1. The first kappa shape index (κ1) is 12.0. The molecule has 1 saturated heterocycles. The molecule has 1 fully saturated rings. The molecule has 0 aromatic carbocycles. The van der Waals surface area contributed by atoms with Crippen molar-refractivity contribution in [1.29, 1.82) is 0 Å². The smallest absolute Gasteiger partial charge is 0.0928 e. The maximum atomic E-state index is 5.49. The highest BCUT2D eigenvalue weighted by molar-refractivity contribution is 7.09. The Labute approximate surface area is 102 Å². The van der Waals surface area contributed by atoms with Crippen LogP contribution in [-0.4, -0.2) is 36.6 Å². The van der Waals surface area contributed by atoms with Crippen LogP contribution in [0.25, 0.3) is 0 Å². The summed E-state index contributed by atoms with van der Waals surface area (Å²) >= 11 is 1.82. The number of likely N-dealkylation sites (tertiary alicyclic amines) is 1. The third-order valence-electron chi connectivity index (χ3n) is 3.22. The predicted octanol–water partition coefficient (Wildman–Crippen LogP) is 1.84. The predicted molar refractivity (Wildman–Crippen MR) is 69.0 cm³/mol. The van der Waals surface area contributed by atoms with Gasteiger partial charge in [0.2, 0.25) is 0 Å². The number of hydrogen-bond donors (Lipinski definition) is 1. The van der Waals surface area contributed by atoms with Crippen molar-refractivity contribution >= 4 is 11.3 Å². The van der Waals surface area contributed by atoms with Gasteiger partial charge in [0.1, 0.15) is 0 Å². The zero-order chi connectivity index (χ0) is 11.4. The van der Waals surface area contributed by atoms with Crippen molar-refractivity contribution in [3.8, 4) is 0 Å². The van der Waals surface area contributed by atoms with Gasteiger partial charge in [-0.1, -0.05) is 0 Å². The van der Waals surface area contributed by atoms with E-state index in [-0.39, 0.29) is 0 Å². The Bertz CT molecular complexity index is 324. The van der Waals surface area contributed by atoms with Crippen LogP contribution in [-0.2, 0) is 6.42 Å². The second kappa shape index (κ2) is 5.75. The quantitative estimate of drug-likeness (QED) is 0.797. The van der Waals surface area contributed by atoms with Gasteiger partial charge in [-0.3, -0.25) is 0 Å². The zero-order valence-electron chi connectivity index (χ0n) is 9.98. The van der Waals surface area contributed by atoms with E-state index >= 15 is 0 Å². The average molecular weight is 239 g/mol. The Morgan fingerprint density at radius 3 is 3.12 bits per heavy atom. The molecule has 0 spiro atoms. The number of hydrogen-bond acceptors (Lipinski definition) is 4. The second-order valence-corrected chi connectivity index (χ2v) is 5.60. The fourth-order valence-electron chi connectivity index (χ4n) is 2.22. The van der Waals surface area contributed by atoms with Gasteiger partial charge in [0.05, 0.1) is 10.7 Å². The van der Waals surface area contributed by atoms with Gasteiger partial charge in [0.25, 0.3) is 0 Å². The molecule has 0 bridgehead atoms. The molecular formula is C12H21N3S. The minimum atomic E-state index is 0.671. The molecule has 1 aliphatic rings. The lowest BCUT2D eigenvalue weighted by Gasteiger charge is -2.06. The van der Waals surface area contributed by atoms with E-state index in [1.165, 1.54) is 36.6 Å². The summed E-state index contributed by atoms with van der Waals surface area (Å²) in [7, 11) is 2.19. The van der Waals surface area contributed by atoms with E-state index in [4.69, 9.17) is 10.7 Å². The fourth-order valence-corrected chi connectivity index (χ4v) is 3.15. The molecule has 1 atom stereocenters. The molecule has 3 nitrogen and oxygen atoms in total. The topological polar surface area (TPSA) is 42.1 Å². The van der Waals surface area contributed by atoms with Crippen LogP contribution in [0, 0.1) is 0 Å². The van der Waals surface area contributed by atoms with Gasteiger partial charge in [-0.25, -0.2) is 4.98 Å². The molecular weight excluding hydrogens is 218 g/mol. The monoisotopic (exact) mass is 239 g/mol. The first-order chi connectivity index (χ1) is 7.79. The zero-order valence-corrected chi connectivity index (χ0v) is 10.8. The van der Waals surface area contributed by atoms with E-state index in [1.54, 1.807) is 0 Å². The van der Waals surface area contributed by atoms with Gasteiger partial charge in [-0.15, -0.1) is 11.3 Å². The van der Waals surface area contributed by atoms with Crippen molar-refractivity contribution in [3.05, 3.63) is 16.1 Å². The van der Waals surface area contributed by atoms with Crippen LogP contribution in [0.4, 0.5) is 0 Å². The molecule has 1 aromatic rings. The fraction of sp³-hybridized carbons (Fsp3) is 0.750. The van der Waals surface area contributed by atoms with Crippen molar-refractivity contribution in [2.45, 2.75) is 31.6 Å². The molecule has 4 heteroatoms. The van der Waals surface area contributed by atoms with E-state index < -0.39 is 0 Å². The largest absolute Gasteiger partial charge is 0.330 e. The summed E-state index contributed by atoms with van der Waals surface area (Å²) in [5.74, 6) is 0.671. The van der Waals surface area contributed by atoms with Crippen LogP contribution in [0.2, 0.25) is 0 Å². The van der Waals surface area contributed by atoms with Crippen LogP contribution < -0.4 is 5.73 Å². The van der Waals surface area contributed by atoms with Gasteiger partial charge in [0, 0.05) is 17.8 Å². The molecule has 90 valence electrons. The molecule has 16 heavy (non-hydrogen) atoms. The maximum Gasteiger partial charge on any atom is 0.0928 e. The number of likely N-dealkylation sites (N-methyl/N-ethyl adjacent to an activating group) is 1. The lowest BCUT2D eigenvalue weighted by atomic mass is 10.1. The molecule has 0 amide bonds. The van der Waals surface area contributed by atoms with Crippen LogP contribution in [0.15, 0.2) is 5.38 Å². The summed E-state index contributed by atoms with van der Waals surface area (Å²) in [5.41, 5.74) is 6.81. The third kappa shape index (κ3) is 3.03. The molecule has 2 rings (SSSR count). The Hall–Kier alpha value is -0.450. The average Bonchev–Trinajstić information content (AvgIpc) is 2.87. The molecule has 0 aliphatic carbocycles. The highest BCUT2D eigenvalue weighted by Crippen LogP contribution is 2.27. The number of rotatable bonds is 5. The molecule has 1 unspecified atom stereocenters. The van der Waals surface area contributed by atoms with Crippen LogP contribution in [0.5, 0.6) is 0 Å². The van der Waals surface area contributed by atoms with E-state index in [2.05, 4.69) is 17.3 Å². The lowest BCUT2D eigenvalue weighted by Crippen LogP contribution is -2.13. The number of nitrogens with zero attached hydrogens (tertiary/aromatic N) is 2. The Morgan fingerprint density at radius 1 is 1.56 bits per heavy atom. The van der Waals surface area contributed by atoms with Gasteiger partial charge < -0.3 is 10.6 Å². The van der Waals surface area contributed by atoms with Crippen molar-refractivity contribution in [1.82, 2.24) is 9.88 Å². The number of nitrogens with two attached hydrogens (primary N) is 1. The van der Waals surface area contributed by atoms with E-state index in [9.17, 15) is 0 Å². The van der Waals surface area contributed by atoms with E-state index in [1.807, 2.05) is 11.3 Å². The third-order valence-corrected chi connectivity index (χ3v) is 4.15. The Balaban J connectivity index is 1.87. The van der Waals surface area contributed by atoms with Gasteiger partial charge in [-0.2, -0.15) is 0 Å². The van der Waals surface area contributed by atoms with E-state index in [0.717, 1.165) is 19.4 Å². The number of unbranched alkanes of at least 4 members (excludes halogenated alkanes) is 1. The molecule has 2 N–H and O–H groups in total. The number of thiazole rings is 1. The summed E-state index contributed by atoms with van der Waals surface area (Å²) in [6.45, 7) is 3.18. The van der Waals surface area contributed by atoms with Crippen molar-refractivity contribution in [2.24, 2.45) is 5.73 Å². The first-order valence-corrected chi connectivity index (χ1v) is 7.00. The van der Waals surface area contributed by atoms with E-state index in [0.29, 0.717) is 5.92 Å². The normalized spacial score (nSPS) is 21.8. The van der Waals surface area contributed by atoms with Crippen LogP contribution in [0.1, 0.15) is 35.9 Å². The van der Waals surface area contributed by atoms with Crippen molar-refractivity contribution < 1.29 is 0 Å². The van der Waals surface area contributed by atoms with Crippen molar-refractivity contribution in [2.75, 3.05) is 26.7 Å². The van der Waals surface area contributed by atoms with Crippen molar-refractivity contribution in [3.63, 3.8) is 0 Å². The Kier molecular flexibility index (Phi) is 4.32. The number of aryl methyl sites for hydroxylation is 1. The summed E-state index contributed by atoms with van der Waals surface area (Å²) in [6, 6.07) is 0. The summed E-state index contributed by atoms with van der Waals surface area (Å²) in [6.07, 6.45) is 4.65. The first-order valence-electron chi connectivity index (χ1n) is 6.12. The highest BCUT2D eigenvalue weighted by Gasteiger charge is 2.22. The van der Waals surface area contributed by atoms with Gasteiger partial charge in [-0.05, 0) is 45.8 Å². The molecule has 0 saturated carbocycles. The maximum absolute atomic E-state index is 5.49. The SMILES string of the molecule is CN1CCC(c2csc(CCCCN)n2)C1. The molecule has 1 aromatic heterocycles. The summed E-state index contributed by atoms with van der Waals surface area (Å²) < 4.78 is 0. The minimum Gasteiger partial charge on any atom is -0.330 e. The standard InChI is InChI=1S/C12H21N3S/c1-15-7-5-10(8-15)11-9-16-12(14-11)4-2-3-6-13/h9-10H,2-8,13H2,1H3. The minimum absolute atomic E-state index is 0.671. The van der Waals surface area contributed by atoms with Gasteiger partial charge in [0.15, 0.2) is 0 Å². The van der Waals surface area contributed by atoms with Crippen LogP contribution in [0.3, 0.4) is 0 Å².